The van der Waals surface area contributed by atoms with Crippen LogP contribution in [0.15, 0.2) is 71.6 Å². The number of carbonyl (C=O) groups is 1. The van der Waals surface area contributed by atoms with Crippen LogP contribution in [0.5, 0.6) is 11.5 Å². The van der Waals surface area contributed by atoms with Crippen molar-refractivity contribution in [2.75, 3.05) is 29.4 Å². The van der Waals surface area contributed by atoms with Gasteiger partial charge in [-0.3, -0.25) is 9.10 Å². The number of rotatable bonds is 6. The fourth-order valence-corrected chi connectivity index (χ4v) is 4.74. The third-order valence-corrected chi connectivity index (χ3v) is 6.56. The minimum atomic E-state index is -4.23. The number of anilines is 2. The van der Waals surface area contributed by atoms with Crippen molar-refractivity contribution in [1.82, 2.24) is 0 Å². The molecule has 3 aromatic rings. The first-order chi connectivity index (χ1) is 15.3. The van der Waals surface area contributed by atoms with E-state index in [1.807, 2.05) is 13.0 Å². The molecular weight excluding hydrogens is 435 g/mol. The van der Waals surface area contributed by atoms with Gasteiger partial charge in [-0.25, -0.2) is 12.8 Å². The van der Waals surface area contributed by atoms with Crippen LogP contribution in [-0.4, -0.2) is 34.1 Å². The predicted octanol–water partition coefficient (Wildman–Crippen LogP) is 3.74. The molecule has 0 aliphatic carbocycles. The summed E-state index contributed by atoms with van der Waals surface area (Å²) in [6, 6.07) is 16.4. The van der Waals surface area contributed by atoms with Gasteiger partial charge in [0.05, 0.1) is 10.6 Å². The molecule has 32 heavy (non-hydrogen) atoms. The van der Waals surface area contributed by atoms with Crippen LogP contribution in [0.1, 0.15) is 5.56 Å². The number of hydrogen-bond donors (Lipinski definition) is 1. The lowest BCUT2D eigenvalue weighted by Gasteiger charge is -2.25. The molecule has 0 fully saturated rings. The van der Waals surface area contributed by atoms with Gasteiger partial charge in [-0.15, -0.1) is 0 Å². The lowest BCUT2D eigenvalue weighted by Crippen LogP contribution is -2.38. The van der Waals surface area contributed by atoms with Crippen LogP contribution in [0, 0.1) is 12.7 Å². The maximum Gasteiger partial charge on any atom is 0.264 e. The molecule has 7 nitrogen and oxygen atoms in total. The van der Waals surface area contributed by atoms with Crippen molar-refractivity contribution < 1.29 is 27.1 Å². The molecule has 1 heterocycles. The molecule has 1 N–H and O–H groups in total. The van der Waals surface area contributed by atoms with Crippen molar-refractivity contribution in [2.24, 2.45) is 0 Å². The lowest BCUT2D eigenvalue weighted by molar-refractivity contribution is -0.114. The zero-order valence-electron chi connectivity index (χ0n) is 17.2. The third-order valence-electron chi connectivity index (χ3n) is 4.79. The Labute approximate surface area is 185 Å². The monoisotopic (exact) mass is 456 g/mol. The van der Waals surface area contributed by atoms with E-state index in [-0.39, 0.29) is 10.6 Å². The largest absolute Gasteiger partial charge is 0.486 e. The first-order valence-electron chi connectivity index (χ1n) is 9.87. The fraction of sp³-hybridized carbons (Fsp3) is 0.174. The summed E-state index contributed by atoms with van der Waals surface area (Å²) in [7, 11) is -4.23. The standard InChI is InChI=1S/C23H21FN2O5S/c1-16-4-2-6-18(12-16)25-23(27)15-26(19-7-3-5-17(24)13-19)32(28,29)20-8-9-21-22(14-20)31-11-10-30-21/h2-9,12-14H,10-11,15H2,1H3,(H,25,27). The van der Waals surface area contributed by atoms with Gasteiger partial charge in [0.15, 0.2) is 11.5 Å². The van der Waals surface area contributed by atoms with E-state index in [0.717, 1.165) is 15.9 Å². The summed E-state index contributed by atoms with van der Waals surface area (Å²) in [5, 5.41) is 2.69. The van der Waals surface area contributed by atoms with E-state index in [0.29, 0.717) is 30.4 Å². The van der Waals surface area contributed by atoms with Gasteiger partial charge in [0.1, 0.15) is 25.6 Å². The summed E-state index contributed by atoms with van der Waals surface area (Å²) >= 11 is 0. The van der Waals surface area contributed by atoms with Gasteiger partial charge < -0.3 is 14.8 Å². The van der Waals surface area contributed by atoms with E-state index in [1.165, 1.54) is 36.4 Å². The summed E-state index contributed by atoms with van der Waals surface area (Å²) in [6.07, 6.45) is 0. The number of nitrogens with zero attached hydrogens (tertiary/aromatic N) is 1. The Balaban J connectivity index is 1.68. The molecule has 0 radical (unpaired) electrons. The van der Waals surface area contributed by atoms with Crippen LogP contribution in [0.3, 0.4) is 0 Å². The van der Waals surface area contributed by atoms with E-state index in [2.05, 4.69) is 5.32 Å². The van der Waals surface area contributed by atoms with Gasteiger partial charge in [0, 0.05) is 11.8 Å². The van der Waals surface area contributed by atoms with E-state index in [1.54, 1.807) is 18.2 Å². The normalized spacial score (nSPS) is 12.8. The van der Waals surface area contributed by atoms with E-state index < -0.39 is 28.3 Å². The number of amides is 1. The number of carbonyl (C=O) groups excluding carboxylic acids is 1. The van der Waals surface area contributed by atoms with E-state index in [9.17, 15) is 17.6 Å². The summed E-state index contributed by atoms with van der Waals surface area (Å²) in [6.45, 7) is 1.99. The minimum absolute atomic E-state index is 0.0271. The highest BCUT2D eigenvalue weighted by molar-refractivity contribution is 7.92. The first-order valence-corrected chi connectivity index (χ1v) is 11.3. The highest BCUT2D eigenvalue weighted by Gasteiger charge is 2.29. The smallest absolute Gasteiger partial charge is 0.264 e. The summed E-state index contributed by atoms with van der Waals surface area (Å²) in [4.78, 5) is 12.6. The molecule has 0 saturated heterocycles. The molecule has 4 rings (SSSR count). The first kappa shape index (κ1) is 21.6. The molecule has 3 aromatic carbocycles. The van der Waals surface area contributed by atoms with Crippen molar-refractivity contribution in [3.05, 3.63) is 78.1 Å². The van der Waals surface area contributed by atoms with Gasteiger partial charge in [-0.2, -0.15) is 0 Å². The van der Waals surface area contributed by atoms with Gasteiger partial charge in [-0.05, 0) is 55.0 Å². The van der Waals surface area contributed by atoms with Crippen molar-refractivity contribution >= 4 is 27.3 Å². The summed E-state index contributed by atoms with van der Waals surface area (Å²) in [5.74, 6) is -0.463. The number of nitrogens with one attached hydrogen (secondary N) is 1. The zero-order valence-corrected chi connectivity index (χ0v) is 18.1. The number of benzene rings is 3. The second-order valence-corrected chi connectivity index (χ2v) is 9.08. The second-order valence-electron chi connectivity index (χ2n) is 7.21. The van der Waals surface area contributed by atoms with Gasteiger partial charge >= 0.3 is 0 Å². The Kier molecular flexibility index (Phi) is 6.00. The van der Waals surface area contributed by atoms with Crippen LogP contribution in [0.2, 0.25) is 0 Å². The maximum atomic E-state index is 13.9. The average molecular weight is 456 g/mol. The molecule has 1 amide bonds. The summed E-state index contributed by atoms with van der Waals surface area (Å²) < 4.78 is 52.7. The van der Waals surface area contributed by atoms with Gasteiger partial charge in [-0.1, -0.05) is 18.2 Å². The fourth-order valence-electron chi connectivity index (χ4n) is 3.31. The SMILES string of the molecule is Cc1cccc(NC(=O)CN(c2cccc(F)c2)S(=O)(=O)c2ccc3c(c2)OCCO3)c1. The van der Waals surface area contributed by atoms with Crippen LogP contribution in [0.25, 0.3) is 0 Å². The molecule has 1 aliphatic heterocycles. The molecule has 0 bridgehead atoms. The highest BCUT2D eigenvalue weighted by atomic mass is 32.2. The van der Waals surface area contributed by atoms with Crippen molar-refractivity contribution in [1.29, 1.82) is 0 Å². The van der Waals surface area contributed by atoms with Gasteiger partial charge in [0.25, 0.3) is 10.0 Å². The molecular formula is C23H21FN2O5S. The highest BCUT2D eigenvalue weighted by Crippen LogP contribution is 2.34. The quantitative estimate of drug-likeness (QED) is 0.611. The van der Waals surface area contributed by atoms with Crippen LogP contribution in [-0.2, 0) is 14.8 Å². The Morgan fingerprint density at radius 1 is 1.00 bits per heavy atom. The number of hydrogen-bond acceptors (Lipinski definition) is 5. The van der Waals surface area contributed by atoms with Crippen LogP contribution < -0.4 is 19.1 Å². The maximum absolute atomic E-state index is 13.9. The number of ether oxygens (including phenoxy) is 2. The molecule has 1 aliphatic rings. The number of fused-ring (bicyclic) bond motifs is 1. The Morgan fingerprint density at radius 3 is 2.50 bits per heavy atom. The molecule has 0 unspecified atom stereocenters. The zero-order chi connectivity index (χ0) is 22.7. The van der Waals surface area contributed by atoms with Crippen molar-refractivity contribution in [3.63, 3.8) is 0 Å². The van der Waals surface area contributed by atoms with E-state index in [4.69, 9.17) is 9.47 Å². The molecule has 0 spiro atoms. The van der Waals surface area contributed by atoms with Crippen LogP contribution >= 0.6 is 0 Å². The number of sulfonamides is 1. The van der Waals surface area contributed by atoms with Gasteiger partial charge in [0.2, 0.25) is 5.91 Å². The average Bonchev–Trinajstić information content (AvgIpc) is 2.77. The van der Waals surface area contributed by atoms with Crippen molar-refractivity contribution in [3.8, 4) is 11.5 Å². The third kappa shape index (κ3) is 4.67. The number of halogens is 1. The van der Waals surface area contributed by atoms with Crippen molar-refractivity contribution in [2.45, 2.75) is 11.8 Å². The molecule has 9 heteroatoms. The molecule has 166 valence electrons. The lowest BCUT2D eigenvalue weighted by atomic mass is 10.2. The Bertz CT molecular complexity index is 1260. The Hall–Kier alpha value is -3.59. The topological polar surface area (TPSA) is 84.9 Å². The second kappa shape index (κ2) is 8.88. The predicted molar refractivity (Wildman–Crippen MR) is 118 cm³/mol. The molecule has 0 aromatic heterocycles. The molecule has 0 atom stereocenters. The minimum Gasteiger partial charge on any atom is -0.486 e. The number of aryl methyl sites for hydroxylation is 1. The van der Waals surface area contributed by atoms with E-state index >= 15 is 0 Å². The van der Waals surface area contributed by atoms with Crippen LogP contribution in [0.4, 0.5) is 15.8 Å². The molecule has 0 saturated carbocycles. The Morgan fingerprint density at radius 2 is 1.75 bits per heavy atom. The summed E-state index contributed by atoms with van der Waals surface area (Å²) in [5.41, 5.74) is 1.50.